The predicted molar refractivity (Wildman–Crippen MR) is 129 cm³/mol. The number of aliphatic imine (C=N–C) groups is 1. The number of carbonyl (C=O) groups is 1. The fraction of sp³-hybridized carbons (Fsp3) is 0.320. The number of ether oxygens (including phenoxy) is 1. The first-order chi connectivity index (χ1) is 15.3. The molecule has 32 heavy (non-hydrogen) atoms. The number of nitrogens with one attached hydrogen (secondary N) is 2. The first-order valence-electron chi connectivity index (χ1n) is 10.7. The van der Waals surface area contributed by atoms with Gasteiger partial charge in [-0.1, -0.05) is 12.1 Å². The molecule has 0 atom stereocenters. The number of anilines is 1. The van der Waals surface area contributed by atoms with Crippen LogP contribution in [-0.4, -0.2) is 28.8 Å². The molecule has 2 N–H and O–H groups in total. The number of hydrogen-bond acceptors (Lipinski definition) is 4. The molecule has 1 heterocycles. The lowest BCUT2D eigenvalue weighted by atomic mass is 10.1. The molecule has 0 fully saturated rings. The van der Waals surface area contributed by atoms with Gasteiger partial charge in [-0.2, -0.15) is 5.10 Å². The first-order valence-corrected chi connectivity index (χ1v) is 10.7. The van der Waals surface area contributed by atoms with E-state index in [1.165, 1.54) is 0 Å². The smallest absolute Gasteiger partial charge is 0.257 e. The second kappa shape index (κ2) is 10.1. The van der Waals surface area contributed by atoms with Gasteiger partial charge in [-0.05, 0) is 76.1 Å². The maximum Gasteiger partial charge on any atom is 0.257 e. The minimum absolute atomic E-state index is 0.248. The molecule has 0 unspecified atom stereocenters. The maximum atomic E-state index is 12.9. The van der Waals surface area contributed by atoms with E-state index >= 15 is 0 Å². The predicted octanol–water partition coefficient (Wildman–Crippen LogP) is 4.54. The average molecular weight is 434 g/mol. The van der Waals surface area contributed by atoms with Crippen LogP contribution >= 0.6 is 0 Å². The van der Waals surface area contributed by atoms with E-state index in [1.807, 2.05) is 44.5 Å². The van der Waals surface area contributed by atoms with Crippen LogP contribution in [0, 0.1) is 27.7 Å². The highest BCUT2D eigenvalue weighted by Crippen LogP contribution is 2.18. The molecule has 3 aromatic rings. The van der Waals surface area contributed by atoms with Crippen molar-refractivity contribution in [2.75, 3.05) is 12.4 Å². The van der Waals surface area contributed by atoms with Crippen LogP contribution < -0.4 is 15.4 Å². The Morgan fingerprint density at radius 1 is 1.09 bits per heavy atom. The highest BCUT2D eigenvalue weighted by molar-refractivity contribution is 6.10. The van der Waals surface area contributed by atoms with Gasteiger partial charge < -0.3 is 10.1 Å². The zero-order valence-corrected chi connectivity index (χ0v) is 19.6. The molecule has 0 aliphatic rings. The summed E-state index contributed by atoms with van der Waals surface area (Å²) in [6.45, 7) is 11.4. The molecule has 2 aromatic carbocycles. The molecular weight excluding hydrogens is 402 g/mol. The Kier molecular flexibility index (Phi) is 7.30. The summed E-state index contributed by atoms with van der Waals surface area (Å²) in [4.78, 5) is 17.6. The van der Waals surface area contributed by atoms with Crippen molar-refractivity contribution in [3.8, 4) is 5.75 Å². The molecule has 0 aliphatic heterocycles. The number of carbonyl (C=O) groups excluding carboxylic acids is 1. The Labute approximate surface area is 189 Å². The van der Waals surface area contributed by atoms with Crippen molar-refractivity contribution in [3.05, 3.63) is 76.1 Å². The monoisotopic (exact) mass is 433 g/mol. The molecule has 0 aliphatic carbocycles. The normalized spacial score (nSPS) is 11.4. The van der Waals surface area contributed by atoms with Gasteiger partial charge in [0.2, 0.25) is 5.96 Å². The van der Waals surface area contributed by atoms with E-state index in [0.29, 0.717) is 23.8 Å². The third-order valence-corrected chi connectivity index (χ3v) is 5.46. The van der Waals surface area contributed by atoms with Crippen LogP contribution in [0.25, 0.3) is 0 Å². The van der Waals surface area contributed by atoms with Gasteiger partial charge in [-0.15, -0.1) is 0 Å². The van der Waals surface area contributed by atoms with Gasteiger partial charge in [-0.3, -0.25) is 14.8 Å². The van der Waals surface area contributed by atoms with Crippen molar-refractivity contribution in [1.82, 2.24) is 15.1 Å². The molecule has 0 saturated carbocycles. The second-order valence-corrected chi connectivity index (χ2v) is 7.76. The highest BCUT2D eigenvalue weighted by atomic mass is 16.5. The van der Waals surface area contributed by atoms with Gasteiger partial charge in [0.25, 0.3) is 5.91 Å². The van der Waals surface area contributed by atoms with Gasteiger partial charge in [0.1, 0.15) is 5.75 Å². The number of guanidine groups is 1. The summed E-state index contributed by atoms with van der Waals surface area (Å²) in [6.07, 6.45) is 0. The van der Waals surface area contributed by atoms with Crippen molar-refractivity contribution < 1.29 is 9.53 Å². The largest absolute Gasteiger partial charge is 0.497 e. The number of aryl methyl sites for hydroxylation is 4. The quantitative estimate of drug-likeness (QED) is 0.442. The van der Waals surface area contributed by atoms with Gasteiger partial charge in [0.15, 0.2) is 0 Å². The van der Waals surface area contributed by atoms with E-state index in [1.54, 1.807) is 31.4 Å². The van der Waals surface area contributed by atoms with Crippen LogP contribution in [0.1, 0.15) is 45.4 Å². The Hall–Kier alpha value is -3.61. The van der Waals surface area contributed by atoms with Crippen molar-refractivity contribution >= 4 is 17.6 Å². The van der Waals surface area contributed by atoms with Gasteiger partial charge in [-0.25, -0.2) is 4.99 Å². The fourth-order valence-corrected chi connectivity index (χ4v) is 3.46. The van der Waals surface area contributed by atoms with Crippen molar-refractivity contribution in [1.29, 1.82) is 0 Å². The van der Waals surface area contributed by atoms with E-state index in [2.05, 4.69) is 28.7 Å². The van der Waals surface area contributed by atoms with E-state index in [9.17, 15) is 4.79 Å². The Morgan fingerprint density at radius 2 is 1.81 bits per heavy atom. The molecule has 0 saturated heterocycles. The fourth-order valence-electron chi connectivity index (χ4n) is 3.46. The van der Waals surface area contributed by atoms with Gasteiger partial charge >= 0.3 is 0 Å². The van der Waals surface area contributed by atoms with Crippen molar-refractivity contribution in [3.63, 3.8) is 0 Å². The van der Waals surface area contributed by atoms with E-state index < -0.39 is 0 Å². The van der Waals surface area contributed by atoms with Crippen LogP contribution in [0.4, 0.5) is 5.69 Å². The average Bonchev–Trinajstić information content (AvgIpc) is 3.07. The molecule has 0 bridgehead atoms. The van der Waals surface area contributed by atoms with Crippen LogP contribution in [-0.2, 0) is 13.1 Å². The maximum absolute atomic E-state index is 12.9. The zero-order valence-electron chi connectivity index (χ0n) is 19.6. The third kappa shape index (κ3) is 5.35. The highest BCUT2D eigenvalue weighted by Gasteiger charge is 2.14. The molecule has 1 aromatic heterocycles. The number of hydrogen-bond donors (Lipinski definition) is 2. The molecule has 0 radical (unpaired) electrons. The standard InChI is InChI=1S/C25H31N5O2/c1-7-30-19(5)22(18(4)29-30)15-26-25(27-23-14-16(2)8-9-17(23)3)28-24(31)20-10-12-21(32-6)13-11-20/h8-14H,7,15H2,1-6H3,(H2,26,27,28,31). The Balaban J connectivity index is 1.89. The summed E-state index contributed by atoms with van der Waals surface area (Å²) in [7, 11) is 1.60. The lowest BCUT2D eigenvalue weighted by molar-refractivity contribution is 0.0977. The zero-order chi connectivity index (χ0) is 23.3. The van der Waals surface area contributed by atoms with Gasteiger partial charge in [0, 0.05) is 29.1 Å². The van der Waals surface area contributed by atoms with Crippen LogP contribution in [0.5, 0.6) is 5.75 Å². The molecule has 168 valence electrons. The summed E-state index contributed by atoms with van der Waals surface area (Å²) in [5, 5.41) is 10.8. The van der Waals surface area contributed by atoms with Crippen LogP contribution in [0.2, 0.25) is 0 Å². The summed E-state index contributed by atoms with van der Waals surface area (Å²) >= 11 is 0. The molecular formula is C25H31N5O2. The minimum Gasteiger partial charge on any atom is -0.497 e. The summed E-state index contributed by atoms with van der Waals surface area (Å²) in [6, 6.07) is 13.1. The lowest BCUT2D eigenvalue weighted by Gasteiger charge is -2.14. The van der Waals surface area contributed by atoms with Crippen LogP contribution in [0.15, 0.2) is 47.5 Å². The van der Waals surface area contributed by atoms with E-state index in [4.69, 9.17) is 9.73 Å². The summed E-state index contributed by atoms with van der Waals surface area (Å²) < 4.78 is 7.15. The number of aromatic nitrogens is 2. The third-order valence-electron chi connectivity index (χ3n) is 5.46. The lowest BCUT2D eigenvalue weighted by Crippen LogP contribution is -2.36. The van der Waals surface area contributed by atoms with Gasteiger partial charge in [0.05, 0.1) is 19.3 Å². The number of amides is 1. The van der Waals surface area contributed by atoms with Crippen molar-refractivity contribution in [2.24, 2.45) is 4.99 Å². The number of nitrogens with zero attached hydrogens (tertiary/aromatic N) is 3. The SMILES string of the molecule is CCn1nc(C)c(CN=C(NC(=O)c2ccc(OC)cc2)Nc2cc(C)ccc2C)c1C. The topological polar surface area (TPSA) is 80.5 Å². The van der Waals surface area contributed by atoms with E-state index in [0.717, 1.165) is 40.3 Å². The number of methoxy groups -OCH3 is 1. The Bertz CT molecular complexity index is 1130. The summed E-state index contributed by atoms with van der Waals surface area (Å²) in [5.41, 5.74) is 6.69. The molecule has 0 spiro atoms. The van der Waals surface area contributed by atoms with Crippen molar-refractivity contribution in [2.45, 2.75) is 47.7 Å². The van der Waals surface area contributed by atoms with E-state index in [-0.39, 0.29) is 5.91 Å². The first kappa shape index (κ1) is 23.1. The molecule has 7 heteroatoms. The molecule has 3 rings (SSSR count). The minimum atomic E-state index is -0.248. The molecule has 7 nitrogen and oxygen atoms in total. The second-order valence-electron chi connectivity index (χ2n) is 7.76. The summed E-state index contributed by atoms with van der Waals surface area (Å²) in [5.74, 6) is 0.840. The Morgan fingerprint density at radius 3 is 2.44 bits per heavy atom. The number of rotatable bonds is 6. The number of benzene rings is 2. The molecule has 1 amide bonds. The van der Waals surface area contributed by atoms with Crippen LogP contribution in [0.3, 0.4) is 0 Å².